The van der Waals surface area contributed by atoms with Crippen LogP contribution in [0.15, 0.2) is 24.7 Å². The molecule has 0 amide bonds. The van der Waals surface area contributed by atoms with Crippen molar-refractivity contribution in [3.63, 3.8) is 0 Å². The van der Waals surface area contributed by atoms with Gasteiger partial charge < -0.3 is 5.32 Å². The van der Waals surface area contributed by atoms with Crippen LogP contribution in [0.4, 0.5) is 0 Å². The molecule has 14 heavy (non-hydrogen) atoms. The van der Waals surface area contributed by atoms with E-state index in [1.807, 2.05) is 22.9 Å². The minimum Gasteiger partial charge on any atom is -0.309 e. The first-order valence-electron chi connectivity index (χ1n) is 4.77. The van der Waals surface area contributed by atoms with Gasteiger partial charge in [0.1, 0.15) is 0 Å². The van der Waals surface area contributed by atoms with E-state index in [2.05, 4.69) is 29.1 Å². The molecule has 74 valence electrons. The molecule has 0 saturated carbocycles. The van der Waals surface area contributed by atoms with Gasteiger partial charge in [-0.05, 0) is 6.07 Å². The van der Waals surface area contributed by atoms with Crippen LogP contribution in [0.2, 0.25) is 0 Å². The molecule has 0 unspecified atom stereocenters. The smallest absolute Gasteiger partial charge is 0.233 e. The normalized spacial score (nSPS) is 11.4. The Bertz CT molecular complexity index is 419. The third kappa shape index (κ3) is 1.75. The molecule has 2 heterocycles. The Labute approximate surface area is 83.0 Å². The van der Waals surface area contributed by atoms with Crippen molar-refractivity contribution in [3.05, 3.63) is 30.4 Å². The number of rotatable bonds is 3. The highest BCUT2D eigenvalue weighted by Crippen LogP contribution is 2.02. The molecule has 2 rings (SSSR count). The number of nitrogens with one attached hydrogen (secondary N) is 1. The molecule has 1 N–H and O–H groups in total. The fraction of sp³-hybridized carbons (Fsp3) is 0.400. The average molecular weight is 190 g/mol. The Morgan fingerprint density at radius 3 is 3.07 bits per heavy atom. The molecule has 2 aromatic heterocycles. The van der Waals surface area contributed by atoms with Gasteiger partial charge in [-0.1, -0.05) is 13.8 Å². The van der Waals surface area contributed by atoms with Crippen LogP contribution in [0.1, 0.15) is 19.5 Å². The Balaban J connectivity index is 2.25. The lowest BCUT2D eigenvalue weighted by Crippen LogP contribution is -2.22. The Kier molecular flexibility index (Phi) is 2.45. The highest BCUT2D eigenvalue weighted by atomic mass is 15.1. The summed E-state index contributed by atoms with van der Waals surface area (Å²) < 4.78 is 2.00. The van der Waals surface area contributed by atoms with Crippen molar-refractivity contribution in [2.24, 2.45) is 0 Å². The van der Waals surface area contributed by atoms with Crippen LogP contribution in [0.25, 0.3) is 5.78 Å². The maximum Gasteiger partial charge on any atom is 0.233 e. The van der Waals surface area contributed by atoms with E-state index in [4.69, 9.17) is 0 Å². The molecule has 0 fully saturated rings. The monoisotopic (exact) mass is 190 g/mol. The van der Waals surface area contributed by atoms with Gasteiger partial charge in [-0.25, -0.2) is 9.97 Å². The van der Waals surface area contributed by atoms with Crippen LogP contribution in [0.5, 0.6) is 0 Å². The van der Waals surface area contributed by atoms with Gasteiger partial charge in [0, 0.05) is 25.0 Å². The summed E-state index contributed by atoms with van der Waals surface area (Å²) in [6.45, 7) is 5.08. The van der Waals surface area contributed by atoms with Crippen molar-refractivity contribution in [1.82, 2.24) is 19.7 Å². The van der Waals surface area contributed by atoms with Gasteiger partial charge in [0.15, 0.2) is 0 Å². The molecule has 4 heteroatoms. The average Bonchev–Trinajstić information content (AvgIpc) is 2.58. The maximum atomic E-state index is 4.21. The Morgan fingerprint density at radius 2 is 2.29 bits per heavy atom. The van der Waals surface area contributed by atoms with Crippen LogP contribution in [-0.4, -0.2) is 20.4 Å². The molecule has 0 bridgehead atoms. The molecule has 0 aliphatic rings. The first-order valence-corrected chi connectivity index (χ1v) is 4.77. The lowest BCUT2D eigenvalue weighted by atomic mass is 10.3. The highest BCUT2D eigenvalue weighted by molar-refractivity contribution is 5.30. The SMILES string of the molecule is CC(C)NCc1cnc2ncccn12. The summed E-state index contributed by atoms with van der Waals surface area (Å²) in [7, 11) is 0. The fourth-order valence-corrected chi connectivity index (χ4v) is 1.32. The molecule has 0 aliphatic heterocycles. The zero-order valence-electron chi connectivity index (χ0n) is 8.44. The molecule has 4 nitrogen and oxygen atoms in total. The first kappa shape index (κ1) is 9.15. The van der Waals surface area contributed by atoms with E-state index in [0.717, 1.165) is 18.0 Å². The number of nitrogens with zero attached hydrogens (tertiary/aromatic N) is 3. The largest absolute Gasteiger partial charge is 0.309 e. The summed E-state index contributed by atoms with van der Waals surface area (Å²) in [5.74, 6) is 0.757. The van der Waals surface area contributed by atoms with Crippen LogP contribution in [0, 0.1) is 0 Å². The first-order chi connectivity index (χ1) is 6.77. The molecule has 0 aromatic carbocycles. The van der Waals surface area contributed by atoms with E-state index in [1.54, 1.807) is 6.20 Å². The summed E-state index contributed by atoms with van der Waals surface area (Å²) >= 11 is 0. The third-order valence-corrected chi connectivity index (χ3v) is 2.06. The highest BCUT2D eigenvalue weighted by Gasteiger charge is 2.02. The zero-order valence-corrected chi connectivity index (χ0v) is 8.44. The topological polar surface area (TPSA) is 42.2 Å². The van der Waals surface area contributed by atoms with Crippen molar-refractivity contribution in [1.29, 1.82) is 0 Å². The Hall–Kier alpha value is -1.42. The molecule has 0 spiro atoms. The van der Waals surface area contributed by atoms with E-state index >= 15 is 0 Å². The van der Waals surface area contributed by atoms with E-state index in [1.165, 1.54) is 0 Å². The number of hydrogen-bond acceptors (Lipinski definition) is 3. The minimum absolute atomic E-state index is 0.484. The number of aromatic nitrogens is 3. The predicted molar refractivity (Wildman–Crippen MR) is 55.0 cm³/mol. The quantitative estimate of drug-likeness (QED) is 0.791. The van der Waals surface area contributed by atoms with Crippen LogP contribution < -0.4 is 5.32 Å². The molecule has 2 aromatic rings. The predicted octanol–water partition coefficient (Wildman–Crippen LogP) is 1.23. The van der Waals surface area contributed by atoms with Gasteiger partial charge in [-0.2, -0.15) is 0 Å². The van der Waals surface area contributed by atoms with E-state index in [0.29, 0.717) is 6.04 Å². The van der Waals surface area contributed by atoms with Gasteiger partial charge in [0.05, 0.1) is 11.9 Å². The summed E-state index contributed by atoms with van der Waals surface area (Å²) in [6, 6.07) is 2.39. The van der Waals surface area contributed by atoms with Gasteiger partial charge in [-0.15, -0.1) is 0 Å². The molecular weight excluding hydrogens is 176 g/mol. The molecule has 0 saturated heterocycles. The second kappa shape index (κ2) is 3.75. The van der Waals surface area contributed by atoms with Gasteiger partial charge in [0.2, 0.25) is 5.78 Å². The van der Waals surface area contributed by atoms with Crippen LogP contribution in [-0.2, 0) is 6.54 Å². The molecular formula is C10H14N4. The lowest BCUT2D eigenvalue weighted by molar-refractivity contribution is 0.579. The molecule has 0 radical (unpaired) electrons. The van der Waals surface area contributed by atoms with Gasteiger partial charge in [-0.3, -0.25) is 4.40 Å². The van der Waals surface area contributed by atoms with Crippen molar-refractivity contribution in [2.75, 3.05) is 0 Å². The zero-order chi connectivity index (χ0) is 9.97. The summed E-state index contributed by atoms with van der Waals surface area (Å²) in [5, 5.41) is 3.35. The second-order valence-corrected chi connectivity index (χ2v) is 3.57. The van der Waals surface area contributed by atoms with Gasteiger partial charge >= 0.3 is 0 Å². The second-order valence-electron chi connectivity index (χ2n) is 3.57. The summed E-state index contributed by atoms with van der Waals surface area (Å²) in [5.41, 5.74) is 1.14. The lowest BCUT2D eigenvalue weighted by Gasteiger charge is -2.06. The van der Waals surface area contributed by atoms with Crippen LogP contribution in [0.3, 0.4) is 0 Å². The number of fused-ring (bicyclic) bond motifs is 1. The molecule has 0 aliphatic carbocycles. The van der Waals surface area contributed by atoms with Crippen molar-refractivity contribution in [2.45, 2.75) is 26.4 Å². The summed E-state index contributed by atoms with van der Waals surface area (Å²) in [6.07, 6.45) is 5.59. The third-order valence-electron chi connectivity index (χ3n) is 2.06. The standard InChI is InChI=1S/C10H14N4/c1-8(2)12-6-9-7-13-10-11-4-3-5-14(9)10/h3-5,7-8,12H,6H2,1-2H3. The van der Waals surface area contributed by atoms with Crippen molar-refractivity contribution in [3.8, 4) is 0 Å². The van der Waals surface area contributed by atoms with E-state index < -0.39 is 0 Å². The maximum absolute atomic E-state index is 4.21. The van der Waals surface area contributed by atoms with Crippen molar-refractivity contribution >= 4 is 5.78 Å². The van der Waals surface area contributed by atoms with Crippen LogP contribution >= 0.6 is 0 Å². The number of imidazole rings is 1. The van der Waals surface area contributed by atoms with E-state index in [9.17, 15) is 0 Å². The minimum atomic E-state index is 0.484. The van der Waals surface area contributed by atoms with E-state index in [-0.39, 0.29) is 0 Å². The molecule has 0 atom stereocenters. The summed E-state index contributed by atoms with van der Waals surface area (Å²) in [4.78, 5) is 8.36. The number of hydrogen-bond donors (Lipinski definition) is 1. The van der Waals surface area contributed by atoms with Gasteiger partial charge in [0.25, 0.3) is 0 Å². The van der Waals surface area contributed by atoms with Crippen molar-refractivity contribution < 1.29 is 0 Å². The Morgan fingerprint density at radius 1 is 1.43 bits per heavy atom. The fourth-order valence-electron chi connectivity index (χ4n) is 1.32.